The van der Waals surface area contributed by atoms with Crippen LogP contribution in [0.2, 0.25) is 5.02 Å². The lowest BCUT2D eigenvalue weighted by Crippen LogP contribution is -2.17. The third-order valence-electron chi connectivity index (χ3n) is 6.00. The van der Waals surface area contributed by atoms with Gasteiger partial charge < -0.3 is 13.7 Å². The number of hydrogen-bond acceptors (Lipinski definition) is 5. The van der Waals surface area contributed by atoms with Gasteiger partial charge in [-0.2, -0.15) is 5.10 Å². The number of furan rings is 1. The van der Waals surface area contributed by atoms with Crippen molar-refractivity contribution in [1.82, 2.24) is 9.99 Å². The fourth-order valence-corrected chi connectivity index (χ4v) is 4.34. The number of ether oxygens (including phenoxy) is 1. The highest BCUT2D eigenvalue weighted by molar-refractivity contribution is 6.31. The number of hydrazone groups is 1. The Balaban J connectivity index is 1.28. The molecule has 1 amide bonds. The van der Waals surface area contributed by atoms with Crippen LogP contribution in [0, 0.1) is 0 Å². The van der Waals surface area contributed by atoms with E-state index in [0.717, 1.165) is 22.0 Å². The lowest BCUT2D eigenvalue weighted by Gasteiger charge is -2.07. The first-order valence-corrected chi connectivity index (χ1v) is 12.4. The normalized spacial score (nSPS) is 11.2. The Bertz CT molecular complexity index is 1630. The summed E-state index contributed by atoms with van der Waals surface area (Å²) in [7, 11) is 0. The molecular weight excluding hydrogens is 502 g/mol. The molecule has 0 aliphatic rings. The van der Waals surface area contributed by atoms with Gasteiger partial charge in [0.25, 0.3) is 5.91 Å². The highest BCUT2D eigenvalue weighted by atomic mass is 35.5. The Kier molecular flexibility index (Phi) is 7.38. The molecule has 38 heavy (non-hydrogen) atoms. The first-order valence-electron chi connectivity index (χ1n) is 12.1. The molecule has 0 aliphatic heterocycles. The number of halogens is 1. The molecule has 0 spiro atoms. The highest BCUT2D eigenvalue weighted by Gasteiger charge is 2.15. The number of amides is 1. The summed E-state index contributed by atoms with van der Waals surface area (Å²) < 4.78 is 12.8. The van der Waals surface area contributed by atoms with Crippen LogP contribution in [0.3, 0.4) is 0 Å². The number of aromatic nitrogens is 1. The molecule has 0 aliphatic carbocycles. The summed E-state index contributed by atoms with van der Waals surface area (Å²) in [6.07, 6.45) is 3.25. The summed E-state index contributed by atoms with van der Waals surface area (Å²) in [4.78, 5) is 24.8. The van der Waals surface area contributed by atoms with Gasteiger partial charge in [-0.1, -0.05) is 60.1 Å². The van der Waals surface area contributed by atoms with Crippen molar-refractivity contribution in [2.45, 2.75) is 13.5 Å². The van der Waals surface area contributed by atoms with Crippen LogP contribution in [0.4, 0.5) is 0 Å². The van der Waals surface area contributed by atoms with Crippen LogP contribution in [0.1, 0.15) is 39.0 Å². The molecule has 2 heterocycles. The second-order valence-corrected chi connectivity index (χ2v) is 8.89. The second kappa shape index (κ2) is 11.2. The van der Waals surface area contributed by atoms with Gasteiger partial charge in [0.1, 0.15) is 11.5 Å². The van der Waals surface area contributed by atoms with Crippen molar-refractivity contribution in [3.63, 3.8) is 0 Å². The van der Waals surface area contributed by atoms with Crippen LogP contribution in [-0.2, 0) is 11.3 Å². The van der Waals surface area contributed by atoms with E-state index in [1.165, 1.54) is 6.21 Å². The van der Waals surface area contributed by atoms with Crippen LogP contribution in [0.25, 0.3) is 22.2 Å². The molecule has 5 aromatic rings. The van der Waals surface area contributed by atoms with Gasteiger partial charge in [-0.25, -0.2) is 10.2 Å². The second-order valence-electron chi connectivity index (χ2n) is 8.48. The van der Waals surface area contributed by atoms with Crippen molar-refractivity contribution < 1.29 is 18.7 Å². The monoisotopic (exact) mass is 525 g/mol. The molecule has 8 heteroatoms. The lowest BCUT2D eigenvalue weighted by atomic mass is 10.1. The van der Waals surface area contributed by atoms with E-state index in [-0.39, 0.29) is 11.9 Å². The number of rotatable bonds is 8. The zero-order valence-corrected chi connectivity index (χ0v) is 21.3. The number of esters is 1. The van der Waals surface area contributed by atoms with Crippen LogP contribution in [-0.4, -0.2) is 29.3 Å². The van der Waals surface area contributed by atoms with Crippen molar-refractivity contribution >= 4 is 40.6 Å². The number of carbonyl (C=O) groups excluding carboxylic acids is 2. The highest BCUT2D eigenvalue weighted by Crippen LogP contribution is 2.25. The summed E-state index contributed by atoms with van der Waals surface area (Å²) in [5.41, 5.74) is 6.25. The molecule has 0 unspecified atom stereocenters. The van der Waals surface area contributed by atoms with Crippen LogP contribution >= 0.6 is 11.6 Å². The molecule has 0 bridgehead atoms. The van der Waals surface area contributed by atoms with Gasteiger partial charge in [0.2, 0.25) is 0 Å². The Morgan fingerprint density at radius 1 is 1.00 bits per heavy atom. The minimum atomic E-state index is -0.367. The van der Waals surface area contributed by atoms with E-state index < -0.39 is 0 Å². The fourth-order valence-electron chi connectivity index (χ4n) is 4.15. The van der Waals surface area contributed by atoms with Gasteiger partial charge in [-0.15, -0.1) is 0 Å². The molecule has 0 radical (unpaired) electrons. The predicted molar refractivity (Wildman–Crippen MR) is 148 cm³/mol. The van der Waals surface area contributed by atoms with Gasteiger partial charge in [-0.05, 0) is 48.9 Å². The van der Waals surface area contributed by atoms with E-state index in [1.807, 2.05) is 59.3 Å². The van der Waals surface area contributed by atoms with Crippen molar-refractivity contribution in [1.29, 1.82) is 0 Å². The molecule has 0 fully saturated rings. The van der Waals surface area contributed by atoms with E-state index in [4.69, 9.17) is 20.8 Å². The zero-order chi connectivity index (χ0) is 26.5. The average Bonchev–Trinajstić information content (AvgIpc) is 3.55. The van der Waals surface area contributed by atoms with E-state index >= 15 is 0 Å². The summed E-state index contributed by atoms with van der Waals surface area (Å²) in [5, 5.41) is 5.58. The molecule has 7 nitrogen and oxygen atoms in total. The molecule has 190 valence electrons. The number of benzene rings is 3. The molecular formula is C30H24ClN3O4. The van der Waals surface area contributed by atoms with Crippen molar-refractivity contribution in [2.24, 2.45) is 5.10 Å². The number of carbonyl (C=O) groups is 2. The van der Waals surface area contributed by atoms with Crippen LogP contribution in [0.5, 0.6) is 0 Å². The summed E-state index contributed by atoms with van der Waals surface area (Å²) >= 11 is 6.35. The molecule has 0 saturated carbocycles. The predicted octanol–water partition coefficient (Wildman–Crippen LogP) is 6.54. The van der Waals surface area contributed by atoms with E-state index in [1.54, 1.807) is 43.3 Å². The minimum absolute atomic E-state index is 0.322. The van der Waals surface area contributed by atoms with Gasteiger partial charge in [0.15, 0.2) is 0 Å². The molecule has 1 N–H and O–H groups in total. The lowest BCUT2D eigenvalue weighted by molar-refractivity contribution is 0.0526. The molecule has 0 atom stereocenters. The van der Waals surface area contributed by atoms with Gasteiger partial charge in [0, 0.05) is 34.2 Å². The van der Waals surface area contributed by atoms with E-state index in [9.17, 15) is 9.59 Å². The van der Waals surface area contributed by atoms with Crippen molar-refractivity contribution in [3.05, 3.63) is 119 Å². The van der Waals surface area contributed by atoms with E-state index in [0.29, 0.717) is 40.8 Å². The molecule has 3 aromatic carbocycles. The molecule has 2 aromatic heterocycles. The number of hydrogen-bond donors (Lipinski definition) is 1. The third-order valence-corrected chi connectivity index (χ3v) is 6.37. The first kappa shape index (κ1) is 25.0. The van der Waals surface area contributed by atoms with Crippen LogP contribution in [0.15, 0.2) is 101 Å². The fraction of sp³-hybridized carbons (Fsp3) is 0.100. The maximum Gasteiger partial charge on any atom is 0.338 e. The molecule has 0 saturated heterocycles. The Morgan fingerprint density at radius 2 is 1.76 bits per heavy atom. The van der Waals surface area contributed by atoms with Gasteiger partial charge in [-0.3, -0.25) is 4.79 Å². The maximum absolute atomic E-state index is 13.0. The SMILES string of the molecule is CCOC(=O)c1ccc(-c2ccc(/C=N\NC(=O)c3cn(Cc4ccccc4Cl)c4ccccc34)o2)cc1. The summed E-state index contributed by atoms with van der Waals surface area (Å²) in [6, 6.07) is 25.8. The number of para-hydroxylation sites is 1. The average molecular weight is 526 g/mol. The summed E-state index contributed by atoms with van der Waals surface area (Å²) in [5.74, 6) is 0.373. The Hall–Kier alpha value is -4.62. The van der Waals surface area contributed by atoms with Crippen molar-refractivity contribution in [2.75, 3.05) is 6.61 Å². The standard InChI is InChI=1S/C30H24ClN3O4/c1-2-37-30(36)21-13-11-20(12-14-21)28-16-15-23(38-28)17-32-33-29(35)25-19-34(27-10-6-4-8-24(25)27)18-22-7-3-5-9-26(22)31/h3-17,19H,2,18H2,1H3,(H,33,35)/b32-17-. The van der Waals surface area contributed by atoms with Gasteiger partial charge >= 0.3 is 5.97 Å². The number of fused-ring (bicyclic) bond motifs is 1. The third kappa shape index (κ3) is 5.38. The number of nitrogens with zero attached hydrogens (tertiary/aromatic N) is 2. The Morgan fingerprint density at radius 3 is 2.55 bits per heavy atom. The maximum atomic E-state index is 13.0. The number of nitrogens with one attached hydrogen (secondary N) is 1. The topological polar surface area (TPSA) is 85.8 Å². The Labute approximate surface area is 224 Å². The minimum Gasteiger partial charge on any atom is -0.462 e. The molecule has 5 rings (SSSR count). The zero-order valence-electron chi connectivity index (χ0n) is 20.6. The van der Waals surface area contributed by atoms with Crippen LogP contribution < -0.4 is 5.43 Å². The quantitative estimate of drug-likeness (QED) is 0.141. The van der Waals surface area contributed by atoms with Gasteiger partial charge in [0.05, 0.1) is 23.9 Å². The van der Waals surface area contributed by atoms with E-state index in [2.05, 4.69) is 10.5 Å². The largest absolute Gasteiger partial charge is 0.462 e. The first-order chi connectivity index (χ1) is 18.5. The van der Waals surface area contributed by atoms with Crippen molar-refractivity contribution in [3.8, 4) is 11.3 Å². The smallest absolute Gasteiger partial charge is 0.338 e. The summed E-state index contributed by atoms with van der Waals surface area (Å²) in [6.45, 7) is 2.62.